The van der Waals surface area contributed by atoms with Crippen molar-refractivity contribution in [2.75, 3.05) is 33.1 Å². The molecule has 1 amide bonds. The summed E-state index contributed by atoms with van der Waals surface area (Å²) in [6.45, 7) is -18.5. The van der Waals surface area contributed by atoms with E-state index in [1.807, 2.05) is 0 Å². The molecule has 1 aromatic heterocycles. The van der Waals surface area contributed by atoms with Crippen LogP contribution in [0.2, 0.25) is 0 Å². The fourth-order valence-corrected chi connectivity index (χ4v) is 6.00. The Hall–Kier alpha value is -4.52. The maximum absolute atomic E-state index is 15.5. The molecule has 1 aliphatic rings. The SMILES string of the molecule is [2H]c1c(C)c([2H])c2c(c1[2H])c(=O)c([2H])c(SCc1cccc(F)c1F)n2CC(=O)N(C([2H])([2H])c1ccc(-c2ccc(C(F)(F)F)cc2)cc1)C1([2H])C([2H])([2H])C([2H])([2H])N(CC([2H])([2H])OC([2H])([2H])[2H])C([2H])([2H])C1([2H])[2H]. The molecule has 0 N–H and O–H groups in total. The Morgan fingerprint density at radius 3 is 2.43 bits per heavy atom. The lowest BCUT2D eigenvalue weighted by Gasteiger charge is -2.39. The van der Waals surface area contributed by atoms with Crippen LogP contribution >= 0.6 is 11.8 Å². The summed E-state index contributed by atoms with van der Waals surface area (Å²) in [6.07, 6.45) is -13.7. The number of carbonyl (C=O) groups is 1. The second kappa shape index (κ2) is 16.7. The third-order valence-electron chi connectivity index (χ3n) is 7.63. The fourth-order valence-electron chi connectivity index (χ4n) is 5.01. The van der Waals surface area contributed by atoms with Crippen LogP contribution in [0.3, 0.4) is 0 Å². The van der Waals surface area contributed by atoms with E-state index in [4.69, 9.17) is 17.8 Å². The lowest BCUT2D eigenvalue weighted by Crippen LogP contribution is -2.48. The molecule has 0 saturated carbocycles. The average molecular weight is 770 g/mol. The van der Waals surface area contributed by atoms with Crippen LogP contribution in [0.25, 0.3) is 22.0 Å². The summed E-state index contributed by atoms with van der Waals surface area (Å²) in [4.78, 5) is 28.5. The van der Waals surface area contributed by atoms with Crippen LogP contribution in [0.15, 0.2) is 101 Å². The van der Waals surface area contributed by atoms with Crippen molar-refractivity contribution >= 4 is 28.6 Å². The number of pyridine rings is 1. The molecule has 6 nitrogen and oxygen atoms in total. The summed E-state index contributed by atoms with van der Waals surface area (Å²) >= 11 is 0.347. The fraction of sp³-hybridized carbons (Fsp3) is 0.317. The molecule has 0 radical (unpaired) electrons. The second-order valence-corrected chi connectivity index (χ2v) is 12.2. The van der Waals surface area contributed by atoms with E-state index in [-0.39, 0.29) is 16.7 Å². The number of rotatable bonds is 12. The van der Waals surface area contributed by atoms with Crippen molar-refractivity contribution in [3.05, 3.63) is 135 Å². The van der Waals surface area contributed by atoms with Crippen molar-refractivity contribution in [3.8, 4) is 11.1 Å². The summed E-state index contributed by atoms with van der Waals surface area (Å²) in [7, 11) is -3.61. The van der Waals surface area contributed by atoms with Crippen LogP contribution in [0, 0.1) is 18.6 Å². The maximum atomic E-state index is 15.5. The lowest BCUT2D eigenvalue weighted by atomic mass is 10.00. The molecule has 4 aromatic carbocycles. The highest BCUT2D eigenvalue weighted by molar-refractivity contribution is 7.98. The number of benzene rings is 4. The van der Waals surface area contributed by atoms with E-state index in [1.165, 1.54) is 0 Å². The molecule has 0 spiro atoms. The molecular formula is C41H40F5N3O3S. The first-order chi connectivity index (χ1) is 33.1. The van der Waals surface area contributed by atoms with Crippen molar-refractivity contribution in [1.29, 1.82) is 0 Å². The van der Waals surface area contributed by atoms with Crippen molar-refractivity contribution < 1.29 is 58.9 Å². The Morgan fingerprint density at radius 2 is 1.75 bits per heavy atom. The first-order valence-corrected chi connectivity index (χ1v) is 16.4. The van der Waals surface area contributed by atoms with Crippen LogP contribution in [-0.4, -0.2) is 59.4 Å². The molecule has 5 aromatic rings. The van der Waals surface area contributed by atoms with Gasteiger partial charge in [0, 0.05) is 72.8 Å². The molecule has 0 atom stereocenters. The number of halogens is 5. The maximum Gasteiger partial charge on any atom is 0.416 e. The number of nitrogens with zero attached hydrogens (tertiary/aromatic N) is 3. The van der Waals surface area contributed by atoms with Gasteiger partial charge in [-0.3, -0.25) is 9.59 Å². The van der Waals surface area contributed by atoms with E-state index in [1.54, 1.807) is 0 Å². The minimum absolute atomic E-state index is 0.0873. The van der Waals surface area contributed by atoms with E-state index < -0.39 is 166 Å². The van der Waals surface area contributed by atoms with E-state index in [2.05, 4.69) is 4.74 Å². The van der Waals surface area contributed by atoms with Crippen LogP contribution < -0.4 is 5.43 Å². The van der Waals surface area contributed by atoms with E-state index in [0.717, 1.165) is 73.7 Å². The van der Waals surface area contributed by atoms with Crippen molar-refractivity contribution in [2.45, 2.75) is 55.7 Å². The summed E-state index contributed by atoms with van der Waals surface area (Å²) < 4.78 is 250. The normalized spacial score (nSPS) is 24.9. The molecule has 6 rings (SSSR count). The molecule has 0 aliphatic carbocycles. The first-order valence-electron chi connectivity index (χ1n) is 25.4. The highest BCUT2D eigenvalue weighted by Crippen LogP contribution is 2.32. The van der Waals surface area contributed by atoms with E-state index in [0.29, 0.717) is 16.3 Å². The topological polar surface area (TPSA) is 54.8 Å². The number of aromatic nitrogens is 1. The minimum Gasteiger partial charge on any atom is -0.383 e. The standard InChI is InChI=1S/C41H40F5N3O3S/c1-27-6-15-34-36(22-27)49(39(23-37(34)50)53-26-31-4-3-5-35(42)40(31)43)25-38(51)48(33-16-18-47(19-17-33)20-21-52-2)24-28-7-9-29(10-8-28)30-11-13-32(14-12-30)41(44,45)46/h3-15,22-23,33H,16-21,24-26H2,1-2H3/i2D3,6D,15D,16D2,17D2,18D2,19D2,21D2,22D,23D,24D2,33D. The summed E-state index contributed by atoms with van der Waals surface area (Å²) in [5, 5.41) is -1.59. The molecule has 1 saturated heterocycles. The summed E-state index contributed by atoms with van der Waals surface area (Å²) in [5.41, 5.74) is -4.46. The first kappa shape index (κ1) is 20.2. The zero-order chi connectivity index (χ0) is 55.4. The molecule has 53 heavy (non-hydrogen) atoms. The largest absolute Gasteiger partial charge is 0.416 e. The molecule has 2 heterocycles. The Bertz CT molecular complexity index is 3020. The number of alkyl halides is 3. The van der Waals surface area contributed by atoms with Gasteiger partial charge in [0.05, 0.1) is 39.1 Å². The molecule has 0 bridgehead atoms. The van der Waals surface area contributed by atoms with Gasteiger partial charge >= 0.3 is 6.18 Å². The van der Waals surface area contributed by atoms with Crippen molar-refractivity contribution in [1.82, 2.24) is 14.4 Å². The number of hydrogen-bond acceptors (Lipinski definition) is 5. The summed E-state index contributed by atoms with van der Waals surface area (Å²) in [6, 6.07) is 2.30. The third kappa shape index (κ3) is 9.17. The van der Waals surface area contributed by atoms with Crippen LogP contribution in [0.1, 0.15) is 62.4 Å². The van der Waals surface area contributed by atoms with Gasteiger partial charge in [0.25, 0.3) is 0 Å². The van der Waals surface area contributed by atoms with Gasteiger partial charge in [0.15, 0.2) is 17.1 Å². The second-order valence-electron chi connectivity index (χ2n) is 11.2. The predicted octanol–water partition coefficient (Wildman–Crippen LogP) is 8.71. The number of carbonyl (C=O) groups excluding carboxylic acids is 1. The van der Waals surface area contributed by atoms with Crippen molar-refractivity contribution in [3.63, 3.8) is 0 Å². The number of fused-ring (bicyclic) bond motifs is 1. The van der Waals surface area contributed by atoms with E-state index >= 15 is 9.18 Å². The number of amides is 1. The average Bonchev–Trinajstić information content (AvgIpc) is 3.27. The molecular weight excluding hydrogens is 710 g/mol. The number of methoxy groups -OCH3 is 1. The van der Waals surface area contributed by atoms with Gasteiger partial charge in [-0.25, -0.2) is 8.78 Å². The quantitative estimate of drug-likeness (QED) is 0.0940. The van der Waals surface area contributed by atoms with Gasteiger partial charge in [-0.05, 0) is 72.2 Å². The third-order valence-corrected chi connectivity index (χ3v) is 8.68. The zero-order valence-electron chi connectivity index (χ0n) is 47.3. The van der Waals surface area contributed by atoms with Gasteiger partial charge < -0.3 is 19.1 Å². The van der Waals surface area contributed by atoms with Crippen molar-refractivity contribution in [2.24, 2.45) is 0 Å². The Kier molecular flexibility index (Phi) is 6.36. The summed E-state index contributed by atoms with van der Waals surface area (Å²) in [5.74, 6) is -5.41. The number of ether oxygens (including phenoxy) is 1. The van der Waals surface area contributed by atoms with Gasteiger partial charge in [-0.1, -0.05) is 54.6 Å². The minimum atomic E-state index is -4.73. The number of likely N-dealkylation sites (tertiary alicyclic amines) is 1. The molecule has 278 valence electrons. The molecule has 1 aliphatic heterocycles. The number of piperidine rings is 1. The monoisotopic (exact) mass is 769 g/mol. The Labute approximate surface area is 337 Å². The predicted molar refractivity (Wildman–Crippen MR) is 198 cm³/mol. The number of hydrogen-bond donors (Lipinski definition) is 0. The zero-order valence-corrected chi connectivity index (χ0v) is 28.2. The molecule has 0 unspecified atom stereocenters. The molecule has 1 fully saturated rings. The lowest BCUT2D eigenvalue weighted by molar-refractivity contribution is -0.137. The van der Waals surface area contributed by atoms with Gasteiger partial charge in [-0.2, -0.15) is 13.2 Å². The van der Waals surface area contributed by atoms with Crippen LogP contribution in [0.5, 0.6) is 0 Å². The highest BCUT2D eigenvalue weighted by atomic mass is 32.2. The molecule has 12 heteroatoms. The van der Waals surface area contributed by atoms with Crippen LogP contribution in [-0.2, 0) is 34.5 Å². The smallest absolute Gasteiger partial charge is 0.383 e. The van der Waals surface area contributed by atoms with Gasteiger partial charge in [0.1, 0.15) is 6.54 Å². The number of thioether (sulfide) groups is 1. The van der Waals surface area contributed by atoms with Crippen LogP contribution in [0.4, 0.5) is 22.0 Å². The highest BCUT2D eigenvalue weighted by Gasteiger charge is 2.31. The van der Waals surface area contributed by atoms with E-state index in [9.17, 15) is 32.0 Å². The van der Waals surface area contributed by atoms with Gasteiger partial charge in [-0.15, -0.1) is 11.8 Å². The van der Waals surface area contributed by atoms with Gasteiger partial charge in [0.2, 0.25) is 5.91 Å². The Morgan fingerprint density at radius 1 is 1.06 bits per heavy atom. The Balaban J connectivity index is 1.65.